The molecule has 0 radical (unpaired) electrons. The van der Waals surface area contributed by atoms with E-state index < -0.39 is 0 Å². The predicted octanol–water partition coefficient (Wildman–Crippen LogP) is 1.66. The summed E-state index contributed by atoms with van der Waals surface area (Å²) in [5.41, 5.74) is 1.16. The van der Waals surface area contributed by atoms with Gasteiger partial charge in [-0.2, -0.15) is 5.10 Å². The van der Waals surface area contributed by atoms with Gasteiger partial charge in [-0.15, -0.1) is 10.2 Å². The first kappa shape index (κ1) is 6.82. The van der Waals surface area contributed by atoms with E-state index in [1.807, 2.05) is 0 Å². The van der Waals surface area contributed by atoms with Gasteiger partial charge in [-0.1, -0.05) is 23.2 Å². The van der Waals surface area contributed by atoms with Crippen LogP contribution in [0.25, 0.3) is 11.0 Å². The quantitative estimate of drug-likeness (QED) is 0.685. The molecule has 0 atom stereocenters. The summed E-state index contributed by atoms with van der Waals surface area (Å²) >= 11 is 11.2. The van der Waals surface area contributed by atoms with Crippen LogP contribution in [0.1, 0.15) is 0 Å². The molecule has 4 nitrogen and oxygen atoms in total. The summed E-state index contributed by atoms with van der Waals surface area (Å²) in [5, 5.41) is 14.4. The number of H-pyrrole nitrogens is 1. The SMILES string of the molecule is Clc1cc2n[nH]c(Cl)c2nn1. The van der Waals surface area contributed by atoms with Gasteiger partial charge in [0.15, 0.2) is 10.3 Å². The molecule has 0 aromatic carbocycles. The molecule has 2 aromatic rings. The molecule has 0 bridgehead atoms. The zero-order chi connectivity index (χ0) is 7.84. The fraction of sp³-hybridized carbons (Fsp3) is 0. The molecule has 56 valence electrons. The van der Waals surface area contributed by atoms with E-state index in [2.05, 4.69) is 20.4 Å². The Morgan fingerprint density at radius 1 is 1.27 bits per heavy atom. The highest BCUT2D eigenvalue weighted by Gasteiger charge is 2.04. The van der Waals surface area contributed by atoms with Crippen molar-refractivity contribution in [2.45, 2.75) is 0 Å². The lowest BCUT2D eigenvalue weighted by Gasteiger charge is -1.85. The van der Waals surface area contributed by atoms with Crippen LogP contribution in [0.4, 0.5) is 0 Å². The summed E-state index contributed by atoms with van der Waals surface area (Å²) in [4.78, 5) is 0. The smallest absolute Gasteiger partial charge is 0.153 e. The molecule has 0 fully saturated rings. The molecule has 0 saturated carbocycles. The van der Waals surface area contributed by atoms with Crippen molar-refractivity contribution in [3.8, 4) is 0 Å². The van der Waals surface area contributed by atoms with Gasteiger partial charge in [0.2, 0.25) is 0 Å². The monoisotopic (exact) mass is 188 g/mol. The van der Waals surface area contributed by atoms with Crippen LogP contribution >= 0.6 is 23.2 Å². The predicted molar refractivity (Wildman–Crippen MR) is 41.7 cm³/mol. The maximum Gasteiger partial charge on any atom is 0.153 e. The Balaban J connectivity index is 2.86. The van der Waals surface area contributed by atoms with E-state index in [9.17, 15) is 0 Å². The zero-order valence-corrected chi connectivity index (χ0v) is 6.69. The van der Waals surface area contributed by atoms with E-state index in [4.69, 9.17) is 23.2 Å². The fourth-order valence-electron chi connectivity index (χ4n) is 0.763. The summed E-state index contributed by atoms with van der Waals surface area (Å²) in [5.74, 6) is 0. The van der Waals surface area contributed by atoms with Gasteiger partial charge in [0.25, 0.3) is 0 Å². The second-order valence-corrected chi connectivity index (χ2v) is 2.70. The fourth-order valence-corrected chi connectivity index (χ4v) is 1.08. The third-order valence-corrected chi connectivity index (χ3v) is 1.67. The van der Waals surface area contributed by atoms with Gasteiger partial charge in [0.1, 0.15) is 11.0 Å². The normalized spacial score (nSPS) is 10.7. The van der Waals surface area contributed by atoms with E-state index >= 15 is 0 Å². The topological polar surface area (TPSA) is 54.5 Å². The number of halogens is 2. The summed E-state index contributed by atoms with van der Waals surface area (Å²) < 4.78 is 0. The number of aromatic nitrogens is 4. The highest BCUT2D eigenvalue weighted by molar-refractivity contribution is 6.34. The number of aromatic amines is 1. The number of fused-ring (bicyclic) bond motifs is 1. The third-order valence-electron chi connectivity index (χ3n) is 1.23. The van der Waals surface area contributed by atoms with Crippen molar-refractivity contribution in [3.63, 3.8) is 0 Å². The molecular weight excluding hydrogens is 187 g/mol. The van der Waals surface area contributed by atoms with Crippen LogP contribution in [0, 0.1) is 0 Å². The molecule has 2 heterocycles. The number of nitrogens with zero attached hydrogens (tertiary/aromatic N) is 3. The van der Waals surface area contributed by atoms with Crippen molar-refractivity contribution in [1.29, 1.82) is 0 Å². The first-order chi connectivity index (χ1) is 5.27. The minimum atomic E-state index is 0.306. The van der Waals surface area contributed by atoms with Crippen LogP contribution in [0.5, 0.6) is 0 Å². The Morgan fingerprint density at radius 2 is 2.09 bits per heavy atom. The molecule has 0 aliphatic rings. The maximum atomic E-state index is 5.66. The minimum absolute atomic E-state index is 0.306. The van der Waals surface area contributed by atoms with Crippen LogP contribution in [-0.4, -0.2) is 20.4 Å². The standard InChI is InChI=1S/C5H2Cl2N4/c6-3-1-2-4(10-9-3)5(7)11-8-2/h1H,(H,8,11). The molecule has 0 spiro atoms. The highest BCUT2D eigenvalue weighted by atomic mass is 35.5. The van der Waals surface area contributed by atoms with Crippen molar-refractivity contribution in [2.75, 3.05) is 0 Å². The van der Waals surface area contributed by atoms with E-state index in [1.165, 1.54) is 0 Å². The third kappa shape index (κ3) is 1.04. The Morgan fingerprint density at radius 3 is 2.91 bits per heavy atom. The summed E-state index contributed by atoms with van der Waals surface area (Å²) in [7, 11) is 0. The highest BCUT2D eigenvalue weighted by Crippen LogP contribution is 2.18. The van der Waals surface area contributed by atoms with Crippen LogP contribution in [0.3, 0.4) is 0 Å². The van der Waals surface area contributed by atoms with Crippen LogP contribution in [-0.2, 0) is 0 Å². The Hall–Kier alpha value is -0.870. The van der Waals surface area contributed by atoms with Gasteiger partial charge >= 0.3 is 0 Å². The van der Waals surface area contributed by atoms with Gasteiger partial charge < -0.3 is 0 Å². The summed E-state index contributed by atoms with van der Waals surface area (Å²) in [6.07, 6.45) is 0. The lowest BCUT2D eigenvalue weighted by Crippen LogP contribution is -1.81. The number of rotatable bonds is 0. The molecule has 2 aromatic heterocycles. The molecule has 6 heteroatoms. The Bertz CT molecular complexity index is 396. The van der Waals surface area contributed by atoms with Crippen molar-refractivity contribution < 1.29 is 0 Å². The first-order valence-electron chi connectivity index (χ1n) is 2.80. The molecule has 0 aliphatic carbocycles. The van der Waals surface area contributed by atoms with E-state index in [-0.39, 0.29) is 0 Å². The van der Waals surface area contributed by atoms with Crippen molar-refractivity contribution in [1.82, 2.24) is 20.4 Å². The number of hydrogen-bond donors (Lipinski definition) is 1. The minimum Gasteiger partial charge on any atom is -0.265 e. The molecule has 11 heavy (non-hydrogen) atoms. The van der Waals surface area contributed by atoms with Crippen LogP contribution in [0.2, 0.25) is 10.3 Å². The van der Waals surface area contributed by atoms with Crippen molar-refractivity contribution in [3.05, 3.63) is 16.4 Å². The van der Waals surface area contributed by atoms with E-state index in [0.29, 0.717) is 21.3 Å². The number of nitrogens with one attached hydrogen (secondary N) is 1. The van der Waals surface area contributed by atoms with Gasteiger partial charge in [0.05, 0.1) is 0 Å². The molecular formula is C5H2Cl2N4. The molecule has 2 rings (SSSR count). The van der Waals surface area contributed by atoms with Crippen LogP contribution in [0.15, 0.2) is 6.07 Å². The van der Waals surface area contributed by atoms with Crippen molar-refractivity contribution >= 4 is 34.2 Å². The average molecular weight is 189 g/mol. The maximum absolute atomic E-state index is 5.66. The molecule has 0 amide bonds. The molecule has 0 aliphatic heterocycles. The van der Waals surface area contributed by atoms with Gasteiger partial charge in [-0.05, 0) is 0 Å². The summed E-state index contributed by atoms with van der Waals surface area (Å²) in [6.45, 7) is 0. The van der Waals surface area contributed by atoms with Gasteiger partial charge in [-0.25, -0.2) is 0 Å². The van der Waals surface area contributed by atoms with E-state index in [1.54, 1.807) is 6.07 Å². The second-order valence-electron chi connectivity index (χ2n) is 1.94. The summed E-state index contributed by atoms with van der Waals surface area (Å²) in [6, 6.07) is 1.59. The Kier molecular flexibility index (Phi) is 1.44. The van der Waals surface area contributed by atoms with E-state index in [0.717, 1.165) is 0 Å². The van der Waals surface area contributed by atoms with Crippen LogP contribution < -0.4 is 0 Å². The first-order valence-corrected chi connectivity index (χ1v) is 3.56. The second kappa shape index (κ2) is 2.32. The molecule has 0 saturated heterocycles. The molecule has 0 unspecified atom stereocenters. The lowest BCUT2D eigenvalue weighted by molar-refractivity contribution is 1.08. The lowest BCUT2D eigenvalue weighted by atomic mass is 10.4. The number of hydrogen-bond acceptors (Lipinski definition) is 3. The van der Waals surface area contributed by atoms with Crippen molar-refractivity contribution in [2.24, 2.45) is 0 Å². The molecule has 1 N–H and O–H groups in total. The zero-order valence-electron chi connectivity index (χ0n) is 5.17. The Labute approximate surface area is 71.5 Å². The largest absolute Gasteiger partial charge is 0.265 e. The van der Waals surface area contributed by atoms with Gasteiger partial charge in [-0.3, -0.25) is 5.10 Å². The van der Waals surface area contributed by atoms with Gasteiger partial charge in [0, 0.05) is 6.07 Å². The average Bonchev–Trinajstić information content (AvgIpc) is 2.32.